The summed E-state index contributed by atoms with van der Waals surface area (Å²) in [5, 5.41) is 25.2. The Morgan fingerprint density at radius 1 is 0.913 bits per heavy atom. The van der Waals surface area contributed by atoms with Crippen LogP contribution in [0, 0.1) is 11.1 Å². The topological polar surface area (TPSA) is 43.3 Å². The van der Waals surface area contributed by atoms with Crippen molar-refractivity contribution in [2.24, 2.45) is 5.92 Å². The van der Waals surface area contributed by atoms with Crippen LogP contribution in [-0.2, 0) is 5.60 Å². The van der Waals surface area contributed by atoms with Gasteiger partial charge in [0.2, 0.25) is 0 Å². The number of benzene rings is 2. The van der Waals surface area contributed by atoms with E-state index in [9.17, 15) is 10.3 Å². The third-order valence-corrected chi connectivity index (χ3v) is 5.85. The SMILES string of the molecule is [O-][N+]12CCC(C=C1C1(O)c3ccccc3-c3ccccc31)CC2. The predicted octanol–water partition coefficient (Wildman–Crippen LogP) is 3.53. The van der Waals surface area contributed by atoms with Crippen LogP contribution < -0.4 is 0 Å². The molecular weight excluding hydrogens is 286 g/mol. The van der Waals surface area contributed by atoms with Crippen LogP contribution in [0.25, 0.3) is 11.1 Å². The van der Waals surface area contributed by atoms with Crippen LogP contribution in [0.15, 0.2) is 60.3 Å². The van der Waals surface area contributed by atoms with Crippen molar-refractivity contribution in [1.29, 1.82) is 0 Å². The summed E-state index contributed by atoms with van der Waals surface area (Å²) < 4.78 is -0.365. The minimum atomic E-state index is -1.28. The van der Waals surface area contributed by atoms with Crippen LogP contribution in [0.2, 0.25) is 0 Å². The van der Waals surface area contributed by atoms with E-state index in [4.69, 9.17) is 0 Å². The molecule has 0 radical (unpaired) electrons. The molecule has 1 saturated heterocycles. The number of fused-ring (bicyclic) bond motifs is 5. The fourth-order valence-electron chi connectivity index (χ4n) is 4.68. The van der Waals surface area contributed by atoms with Crippen LogP contribution in [0.3, 0.4) is 0 Å². The summed E-state index contributed by atoms with van der Waals surface area (Å²) in [7, 11) is 0. The van der Waals surface area contributed by atoms with Gasteiger partial charge in [-0.3, -0.25) is 0 Å². The number of piperidine rings is 1. The smallest absolute Gasteiger partial charge is 0.191 e. The molecule has 3 heterocycles. The van der Waals surface area contributed by atoms with E-state index in [-0.39, 0.29) is 4.65 Å². The summed E-state index contributed by atoms with van der Waals surface area (Å²) in [5.41, 5.74) is 3.15. The van der Waals surface area contributed by atoms with Crippen molar-refractivity contribution in [3.63, 3.8) is 0 Å². The number of aliphatic hydroxyl groups is 1. The van der Waals surface area contributed by atoms with Gasteiger partial charge < -0.3 is 15.0 Å². The first kappa shape index (κ1) is 13.5. The molecule has 1 fully saturated rings. The van der Waals surface area contributed by atoms with E-state index in [0.29, 0.717) is 24.7 Å². The molecule has 3 aliphatic heterocycles. The number of quaternary nitrogens is 1. The number of nitrogens with zero attached hydrogens (tertiary/aromatic N) is 1. The first-order chi connectivity index (χ1) is 11.1. The van der Waals surface area contributed by atoms with E-state index in [2.05, 4.69) is 6.08 Å². The van der Waals surface area contributed by atoms with Gasteiger partial charge in [-0.15, -0.1) is 0 Å². The lowest BCUT2D eigenvalue weighted by Crippen LogP contribution is -2.56. The van der Waals surface area contributed by atoms with Gasteiger partial charge >= 0.3 is 0 Å². The molecule has 2 aromatic rings. The van der Waals surface area contributed by atoms with Crippen LogP contribution in [0.5, 0.6) is 0 Å². The van der Waals surface area contributed by atoms with Crippen LogP contribution in [0.4, 0.5) is 0 Å². The number of allylic oxidation sites excluding steroid dienone is 1. The van der Waals surface area contributed by atoms with Gasteiger partial charge in [-0.1, -0.05) is 48.5 Å². The summed E-state index contributed by atoms with van der Waals surface area (Å²) in [6, 6.07) is 15.9. The molecule has 0 saturated carbocycles. The monoisotopic (exact) mass is 305 g/mol. The van der Waals surface area contributed by atoms with Crippen molar-refractivity contribution >= 4 is 0 Å². The van der Waals surface area contributed by atoms with Gasteiger partial charge in [-0.25, -0.2) is 0 Å². The van der Waals surface area contributed by atoms with Gasteiger partial charge in [0.1, 0.15) is 5.70 Å². The zero-order chi connectivity index (χ0) is 15.7. The molecule has 0 spiro atoms. The zero-order valence-electron chi connectivity index (χ0n) is 12.9. The minimum Gasteiger partial charge on any atom is -0.627 e. The first-order valence-corrected chi connectivity index (χ1v) is 8.36. The molecule has 23 heavy (non-hydrogen) atoms. The van der Waals surface area contributed by atoms with Crippen molar-refractivity contribution < 1.29 is 9.75 Å². The lowest BCUT2D eigenvalue weighted by molar-refractivity contribution is -0.860. The number of hydroxylamine groups is 3. The van der Waals surface area contributed by atoms with Crippen molar-refractivity contribution in [3.05, 3.63) is 76.6 Å². The summed E-state index contributed by atoms with van der Waals surface area (Å²) >= 11 is 0. The fourth-order valence-corrected chi connectivity index (χ4v) is 4.68. The van der Waals surface area contributed by atoms with E-state index < -0.39 is 5.60 Å². The Labute approximate surface area is 135 Å². The van der Waals surface area contributed by atoms with Crippen molar-refractivity contribution in [1.82, 2.24) is 0 Å². The van der Waals surface area contributed by atoms with Crippen molar-refractivity contribution in [3.8, 4) is 11.1 Å². The van der Waals surface area contributed by atoms with E-state index in [1.54, 1.807) is 0 Å². The van der Waals surface area contributed by atoms with Crippen molar-refractivity contribution in [2.45, 2.75) is 18.4 Å². The Bertz CT molecular complexity index is 786. The largest absolute Gasteiger partial charge is 0.627 e. The highest BCUT2D eigenvalue weighted by Gasteiger charge is 2.53. The molecular formula is C20H19NO2. The average molecular weight is 305 g/mol. The first-order valence-electron chi connectivity index (χ1n) is 8.36. The molecule has 3 heteroatoms. The maximum atomic E-state index is 13.4. The molecule has 0 aromatic heterocycles. The number of rotatable bonds is 1. The normalized spacial score (nSPS) is 29.8. The molecule has 2 bridgehead atoms. The van der Waals surface area contributed by atoms with Gasteiger partial charge in [0.05, 0.1) is 13.1 Å². The van der Waals surface area contributed by atoms with E-state index in [1.165, 1.54) is 0 Å². The summed E-state index contributed by atoms with van der Waals surface area (Å²) in [6.45, 7) is 1.17. The van der Waals surface area contributed by atoms with Crippen molar-refractivity contribution in [2.75, 3.05) is 13.1 Å². The highest BCUT2D eigenvalue weighted by atomic mass is 16.5. The Morgan fingerprint density at radius 3 is 1.96 bits per heavy atom. The second-order valence-corrected chi connectivity index (χ2v) is 7.03. The fraction of sp³-hybridized carbons (Fsp3) is 0.300. The maximum Gasteiger partial charge on any atom is 0.191 e. The Morgan fingerprint density at radius 2 is 1.43 bits per heavy atom. The molecule has 1 aliphatic carbocycles. The molecule has 6 rings (SSSR count). The third kappa shape index (κ3) is 1.59. The molecule has 0 amide bonds. The molecule has 4 aliphatic rings. The lowest BCUT2D eigenvalue weighted by atomic mass is 9.79. The minimum absolute atomic E-state index is 0.365. The molecule has 3 nitrogen and oxygen atoms in total. The predicted molar refractivity (Wildman–Crippen MR) is 89.0 cm³/mol. The van der Waals surface area contributed by atoms with Crippen LogP contribution in [0.1, 0.15) is 24.0 Å². The second-order valence-electron chi connectivity index (χ2n) is 7.03. The molecule has 0 atom stereocenters. The Hall–Kier alpha value is -1.94. The van der Waals surface area contributed by atoms with Crippen LogP contribution >= 0.6 is 0 Å². The summed E-state index contributed by atoms with van der Waals surface area (Å²) in [5.74, 6) is 0.433. The average Bonchev–Trinajstić information content (AvgIpc) is 2.86. The Kier molecular flexibility index (Phi) is 2.54. The molecule has 0 unspecified atom stereocenters. The Balaban J connectivity index is 1.83. The summed E-state index contributed by atoms with van der Waals surface area (Å²) in [6.07, 6.45) is 3.94. The van der Waals surface area contributed by atoms with Gasteiger partial charge in [-0.05, 0) is 23.1 Å². The zero-order valence-corrected chi connectivity index (χ0v) is 12.9. The maximum absolute atomic E-state index is 13.4. The van der Waals surface area contributed by atoms with Gasteiger partial charge in [0.25, 0.3) is 0 Å². The molecule has 2 aromatic carbocycles. The number of hydrogen-bond acceptors (Lipinski definition) is 2. The number of hydrogen-bond donors (Lipinski definition) is 1. The van der Waals surface area contributed by atoms with E-state index in [0.717, 1.165) is 35.1 Å². The molecule has 1 N–H and O–H groups in total. The van der Waals surface area contributed by atoms with E-state index >= 15 is 0 Å². The molecule has 116 valence electrons. The second kappa shape index (κ2) is 4.32. The lowest BCUT2D eigenvalue weighted by Gasteiger charge is -2.55. The standard InChI is InChI=1S/C20H19NO2/c22-20(19-13-14-9-11-21(19,23)12-10-14)17-7-3-1-5-15(17)16-6-2-4-8-18(16)20/h1-8,13-14,22H,9-12H2. The summed E-state index contributed by atoms with van der Waals surface area (Å²) in [4.78, 5) is 0. The highest BCUT2D eigenvalue weighted by molar-refractivity contribution is 5.81. The van der Waals surface area contributed by atoms with Crippen LogP contribution in [-0.4, -0.2) is 22.8 Å². The highest BCUT2D eigenvalue weighted by Crippen LogP contribution is 2.55. The van der Waals surface area contributed by atoms with E-state index in [1.807, 2.05) is 48.5 Å². The third-order valence-electron chi connectivity index (χ3n) is 5.85. The quantitative estimate of drug-likeness (QED) is 0.647. The van der Waals surface area contributed by atoms with Gasteiger partial charge in [0.15, 0.2) is 5.60 Å². The van der Waals surface area contributed by atoms with Gasteiger partial charge in [-0.2, -0.15) is 0 Å². The van der Waals surface area contributed by atoms with Gasteiger partial charge in [0, 0.05) is 24.0 Å².